The number of para-hydroxylation sites is 2. The van der Waals surface area contributed by atoms with Gasteiger partial charge in [0.25, 0.3) is 0 Å². The maximum Gasteiger partial charge on any atom is 0.313 e. The fraction of sp³-hybridized carbons (Fsp3) is 0.467. The Morgan fingerprint density at radius 3 is 2.75 bits per heavy atom. The number of aliphatic carboxylic acids is 1. The van der Waals surface area contributed by atoms with Crippen LogP contribution in [0.2, 0.25) is 0 Å². The number of rotatable bonds is 6. The highest BCUT2D eigenvalue weighted by Crippen LogP contribution is 2.33. The lowest BCUT2D eigenvalue weighted by Gasteiger charge is -2.28. The molecule has 1 aromatic heterocycles. The van der Waals surface area contributed by atoms with Crippen LogP contribution in [0.5, 0.6) is 0 Å². The van der Waals surface area contributed by atoms with E-state index >= 15 is 0 Å². The van der Waals surface area contributed by atoms with Crippen LogP contribution < -0.4 is 0 Å². The Morgan fingerprint density at radius 2 is 2.10 bits per heavy atom. The highest BCUT2D eigenvalue weighted by Gasteiger charge is 2.25. The fourth-order valence-corrected chi connectivity index (χ4v) is 3.43. The van der Waals surface area contributed by atoms with E-state index < -0.39 is 5.97 Å². The molecule has 0 radical (unpaired) electrons. The standard InChI is InChI=1S/C15H20N2O2S/c1-4-9-15(2,3)17-12-8-6-5-7-11(12)16-14(17)20-10-13(18)19/h5-8H,4,9-10H2,1-3H3,(H,18,19). The van der Waals surface area contributed by atoms with Gasteiger partial charge in [-0.3, -0.25) is 4.79 Å². The van der Waals surface area contributed by atoms with Crippen LogP contribution in [0, 0.1) is 0 Å². The van der Waals surface area contributed by atoms with Gasteiger partial charge < -0.3 is 9.67 Å². The molecule has 0 aliphatic rings. The van der Waals surface area contributed by atoms with Gasteiger partial charge in [0.05, 0.1) is 16.8 Å². The van der Waals surface area contributed by atoms with E-state index in [4.69, 9.17) is 5.11 Å². The van der Waals surface area contributed by atoms with E-state index in [2.05, 4.69) is 30.3 Å². The molecule has 2 rings (SSSR count). The second-order valence-electron chi connectivity index (χ2n) is 5.46. The molecular weight excluding hydrogens is 272 g/mol. The summed E-state index contributed by atoms with van der Waals surface area (Å²) in [5.41, 5.74) is 1.91. The number of carbonyl (C=O) groups is 1. The molecule has 0 saturated carbocycles. The Balaban J connectivity index is 2.52. The van der Waals surface area contributed by atoms with Crippen molar-refractivity contribution in [3.63, 3.8) is 0 Å². The highest BCUT2D eigenvalue weighted by atomic mass is 32.2. The van der Waals surface area contributed by atoms with Crippen LogP contribution in [0.3, 0.4) is 0 Å². The van der Waals surface area contributed by atoms with Crippen molar-refractivity contribution in [2.45, 2.75) is 44.3 Å². The average Bonchev–Trinajstić information content (AvgIpc) is 2.75. The average molecular weight is 292 g/mol. The van der Waals surface area contributed by atoms with Crippen molar-refractivity contribution in [3.05, 3.63) is 24.3 Å². The number of nitrogens with zero attached hydrogens (tertiary/aromatic N) is 2. The molecule has 0 aliphatic heterocycles. The van der Waals surface area contributed by atoms with Crippen molar-refractivity contribution >= 4 is 28.8 Å². The molecule has 108 valence electrons. The van der Waals surface area contributed by atoms with E-state index in [1.807, 2.05) is 24.3 Å². The SMILES string of the molecule is CCCC(C)(C)n1c(SCC(=O)O)nc2ccccc21. The molecule has 2 aromatic rings. The Hall–Kier alpha value is -1.49. The minimum Gasteiger partial charge on any atom is -0.481 e. The molecule has 4 nitrogen and oxygen atoms in total. The van der Waals surface area contributed by atoms with Gasteiger partial charge in [0, 0.05) is 5.54 Å². The maximum atomic E-state index is 10.8. The number of thioether (sulfide) groups is 1. The lowest BCUT2D eigenvalue weighted by atomic mass is 9.98. The molecule has 0 atom stereocenters. The van der Waals surface area contributed by atoms with E-state index in [-0.39, 0.29) is 11.3 Å². The summed E-state index contributed by atoms with van der Waals surface area (Å²) < 4.78 is 2.18. The molecular formula is C15H20N2O2S. The lowest BCUT2D eigenvalue weighted by molar-refractivity contribution is -0.133. The first-order chi connectivity index (χ1) is 9.45. The lowest BCUT2D eigenvalue weighted by Crippen LogP contribution is -2.26. The first kappa shape index (κ1) is 14.9. The molecule has 0 spiro atoms. The van der Waals surface area contributed by atoms with E-state index in [1.165, 1.54) is 11.8 Å². The van der Waals surface area contributed by atoms with Gasteiger partial charge in [0.15, 0.2) is 5.16 Å². The van der Waals surface area contributed by atoms with Crippen LogP contribution in [0.4, 0.5) is 0 Å². The smallest absolute Gasteiger partial charge is 0.313 e. The van der Waals surface area contributed by atoms with E-state index in [9.17, 15) is 4.79 Å². The van der Waals surface area contributed by atoms with Gasteiger partial charge in [-0.05, 0) is 32.4 Å². The zero-order valence-corrected chi connectivity index (χ0v) is 12.9. The van der Waals surface area contributed by atoms with Gasteiger partial charge in [0.1, 0.15) is 0 Å². The van der Waals surface area contributed by atoms with Crippen LogP contribution in [-0.4, -0.2) is 26.4 Å². The van der Waals surface area contributed by atoms with Crippen molar-refractivity contribution in [2.75, 3.05) is 5.75 Å². The number of benzene rings is 1. The number of hydrogen-bond acceptors (Lipinski definition) is 3. The first-order valence-corrected chi connectivity index (χ1v) is 7.77. The number of carboxylic acids is 1. The molecule has 1 N–H and O–H groups in total. The summed E-state index contributed by atoms with van der Waals surface area (Å²) in [6, 6.07) is 7.97. The Labute approximate surface area is 123 Å². The highest BCUT2D eigenvalue weighted by molar-refractivity contribution is 7.99. The zero-order chi connectivity index (χ0) is 14.8. The predicted octanol–water partition coefficient (Wildman–Crippen LogP) is 3.75. The molecule has 20 heavy (non-hydrogen) atoms. The normalized spacial score (nSPS) is 11.9. The molecule has 0 amide bonds. The van der Waals surface area contributed by atoms with Gasteiger partial charge in [-0.1, -0.05) is 37.2 Å². The molecule has 0 fully saturated rings. The molecule has 0 unspecified atom stereocenters. The van der Waals surface area contributed by atoms with Crippen LogP contribution in [-0.2, 0) is 10.3 Å². The van der Waals surface area contributed by atoms with Gasteiger partial charge in [0.2, 0.25) is 0 Å². The third kappa shape index (κ3) is 2.98. The quantitative estimate of drug-likeness (QED) is 0.824. The number of aromatic nitrogens is 2. The third-order valence-corrected chi connectivity index (χ3v) is 4.25. The summed E-state index contributed by atoms with van der Waals surface area (Å²) in [7, 11) is 0. The van der Waals surface area contributed by atoms with Crippen molar-refractivity contribution in [1.29, 1.82) is 0 Å². The van der Waals surface area contributed by atoms with E-state index in [1.54, 1.807) is 0 Å². The van der Waals surface area contributed by atoms with E-state index in [0.717, 1.165) is 29.0 Å². The zero-order valence-electron chi connectivity index (χ0n) is 12.1. The van der Waals surface area contributed by atoms with Crippen molar-refractivity contribution < 1.29 is 9.90 Å². The predicted molar refractivity (Wildman–Crippen MR) is 82.3 cm³/mol. The monoisotopic (exact) mass is 292 g/mol. The summed E-state index contributed by atoms with van der Waals surface area (Å²) in [4.78, 5) is 15.4. The van der Waals surface area contributed by atoms with Gasteiger partial charge in [-0.2, -0.15) is 0 Å². The van der Waals surface area contributed by atoms with Crippen molar-refractivity contribution in [3.8, 4) is 0 Å². The summed E-state index contributed by atoms with van der Waals surface area (Å²) in [5, 5.41) is 9.67. The molecule has 1 aromatic carbocycles. The van der Waals surface area contributed by atoms with Crippen LogP contribution >= 0.6 is 11.8 Å². The molecule has 0 saturated heterocycles. The Bertz CT molecular complexity index is 619. The third-order valence-electron chi connectivity index (χ3n) is 3.32. The summed E-state index contributed by atoms with van der Waals surface area (Å²) in [6.07, 6.45) is 2.09. The van der Waals surface area contributed by atoms with Crippen LogP contribution in [0.15, 0.2) is 29.4 Å². The summed E-state index contributed by atoms with van der Waals surface area (Å²) >= 11 is 1.29. The van der Waals surface area contributed by atoms with E-state index in [0.29, 0.717) is 0 Å². The molecule has 1 heterocycles. The van der Waals surface area contributed by atoms with Gasteiger partial charge in [-0.25, -0.2) is 4.98 Å². The van der Waals surface area contributed by atoms with Gasteiger partial charge in [-0.15, -0.1) is 0 Å². The fourth-order valence-electron chi connectivity index (χ4n) is 2.54. The summed E-state index contributed by atoms with van der Waals surface area (Å²) in [6.45, 7) is 6.51. The maximum absolute atomic E-state index is 10.8. The topological polar surface area (TPSA) is 55.1 Å². The number of imidazole rings is 1. The van der Waals surface area contributed by atoms with Crippen molar-refractivity contribution in [1.82, 2.24) is 9.55 Å². The molecule has 5 heteroatoms. The number of carboxylic acid groups (broad SMARTS) is 1. The Kier molecular flexibility index (Phi) is 4.38. The second-order valence-corrected chi connectivity index (χ2v) is 6.41. The van der Waals surface area contributed by atoms with Gasteiger partial charge >= 0.3 is 5.97 Å². The second kappa shape index (κ2) is 5.87. The van der Waals surface area contributed by atoms with Crippen LogP contribution in [0.25, 0.3) is 11.0 Å². The molecule has 0 aliphatic carbocycles. The minimum absolute atomic E-state index is 0.0333. The summed E-state index contributed by atoms with van der Waals surface area (Å²) in [5.74, 6) is -0.784. The number of hydrogen-bond donors (Lipinski definition) is 1. The van der Waals surface area contributed by atoms with Crippen LogP contribution in [0.1, 0.15) is 33.6 Å². The minimum atomic E-state index is -0.818. The molecule has 0 bridgehead atoms. The largest absolute Gasteiger partial charge is 0.481 e. The number of fused-ring (bicyclic) bond motifs is 1. The van der Waals surface area contributed by atoms with Crippen molar-refractivity contribution in [2.24, 2.45) is 0 Å². The first-order valence-electron chi connectivity index (χ1n) is 6.78. The Morgan fingerprint density at radius 1 is 1.40 bits per heavy atom.